The Morgan fingerprint density at radius 2 is 2.00 bits per heavy atom. The van der Waals surface area contributed by atoms with Gasteiger partial charge in [-0.25, -0.2) is 0 Å². The number of ether oxygens (including phenoxy) is 1. The van der Waals surface area contributed by atoms with Crippen LogP contribution in [0.25, 0.3) is 5.57 Å². The highest BCUT2D eigenvalue weighted by molar-refractivity contribution is 5.71. The van der Waals surface area contributed by atoms with Gasteiger partial charge < -0.3 is 4.74 Å². The zero-order chi connectivity index (χ0) is 9.38. The first-order valence-corrected chi connectivity index (χ1v) is 5.36. The Hall–Kier alpha value is -1.08. The molecule has 0 spiro atoms. The van der Waals surface area contributed by atoms with Crippen LogP contribution in [-0.2, 0) is 4.74 Å². The number of hydrogen-bond donors (Lipinski definition) is 0. The van der Waals surface area contributed by atoms with E-state index in [4.69, 9.17) is 4.74 Å². The van der Waals surface area contributed by atoms with Crippen LogP contribution in [0.15, 0.2) is 36.4 Å². The van der Waals surface area contributed by atoms with E-state index < -0.39 is 0 Å². The van der Waals surface area contributed by atoms with E-state index in [0.717, 1.165) is 0 Å². The summed E-state index contributed by atoms with van der Waals surface area (Å²) in [6, 6.07) is 10.6. The highest BCUT2D eigenvalue weighted by atomic mass is 16.6. The van der Waals surface area contributed by atoms with E-state index in [1.807, 2.05) is 0 Å². The molecule has 2 aliphatic rings. The lowest BCUT2D eigenvalue weighted by atomic mass is 10.0. The van der Waals surface area contributed by atoms with Crippen molar-refractivity contribution in [2.75, 3.05) is 0 Å². The van der Waals surface area contributed by atoms with Crippen LogP contribution in [0.2, 0.25) is 0 Å². The highest BCUT2D eigenvalue weighted by Crippen LogP contribution is 2.40. The Bertz CT molecular complexity index is 353. The summed E-state index contributed by atoms with van der Waals surface area (Å²) in [7, 11) is 0. The van der Waals surface area contributed by atoms with Crippen LogP contribution < -0.4 is 0 Å². The highest BCUT2D eigenvalue weighted by Gasteiger charge is 2.42. The molecule has 1 heterocycles. The Morgan fingerprint density at radius 1 is 1.14 bits per heavy atom. The fraction of sp³-hybridized carbons (Fsp3) is 0.385. The predicted octanol–water partition coefficient (Wildman–Crippen LogP) is 3.02. The molecule has 0 amide bonds. The fourth-order valence-corrected chi connectivity index (χ4v) is 2.24. The number of benzene rings is 1. The first kappa shape index (κ1) is 8.25. The molecule has 0 aromatic heterocycles. The van der Waals surface area contributed by atoms with Gasteiger partial charge in [0.05, 0.1) is 6.10 Å². The van der Waals surface area contributed by atoms with Crippen molar-refractivity contribution in [2.24, 2.45) is 0 Å². The van der Waals surface area contributed by atoms with Gasteiger partial charge in [0.1, 0.15) is 6.10 Å². The minimum Gasteiger partial charge on any atom is -0.364 e. The van der Waals surface area contributed by atoms with E-state index in [1.165, 1.54) is 30.4 Å². The molecule has 1 saturated heterocycles. The summed E-state index contributed by atoms with van der Waals surface area (Å²) in [6.07, 6.45) is 6.99. The van der Waals surface area contributed by atoms with Crippen molar-refractivity contribution in [3.8, 4) is 0 Å². The molecular formula is C13H14O. The van der Waals surface area contributed by atoms with Gasteiger partial charge in [-0.15, -0.1) is 0 Å². The molecule has 0 saturated carbocycles. The maximum Gasteiger partial charge on any atom is 0.109 e. The molecule has 1 aromatic rings. The molecule has 0 unspecified atom stereocenters. The van der Waals surface area contributed by atoms with Crippen LogP contribution in [0.3, 0.4) is 0 Å². The average Bonchev–Trinajstić information content (AvgIpc) is 2.97. The topological polar surface area (TPSA) is 12.5 Å². The van der Waals surface area contributed by atoms with E-state index in [-0.39, 0.29) is 0 Å². The Kier molecular flexibility index (Phi) is 1.91. The van der Waals surface area contributed by atoms with Gasteiger partial charge in [0.2, 0.25) is 0 Å². The molecule has 3 rings (SSSR count). The monoisotopic (exact) mass is 186 g/mol. The summed E-state index contributed by atoms with van der Waals surface area (Å²) >= 11 is 0. The molecule has 1 nitrogen and oxygen atoms in total. The first-order valence-electron chi connectivity index (χ1n) is 5.36. The lowest BCUT2D eigenvalue weighted by Gasteiger charge is -2.02. The molecule has 1 aromatic carbocycles. The first-order chi connectivity index (χ1) is 6.95. The van der Waals surface area contributed by atoms with Crippen LogP contribution in [0.5, 0.6) is 0 Å². The molecule has 72 valence electrons. The third-order valence-corrected chi connectivity index (χ3v) is 3.05. The summed E-state index contributed by atoms with van der Waals surface area (Å²) in [5.41, 5.74) is 2.75. The SMILES string of the molecule is C1=C(c2ccccc2)[C@@H]2O[C@@H]2CCC1. The molecule has 14 heavy (non-hydrogen) atoms. The lowest BCUT2D eigenvalue weighted by Crippen LogP contribution is -1.95. The minimum absolute atomic E-state index is 0.403. The molecule has 1 fully saturated rings. The fourth-order valence-electron chi connectivity index (χ4n) is 2.24. The van der Waals surface area contributed by atoms with Crippen LogP contribution in [0.4, 0.5) is 0 Å². The van der Waals surface area contributed by atoms with Gasteiger partial charge in [-0.1, -0.05) is 36.4 Å². The summed E-state index contributed by atoms with van der Waals surface area (Å²) in [5.74, 6) is 0. The molecule has 2 atom stereocenters. The van der Waals surface area contributed by atoms with Crippen LogP contribution in [-0.4, -0.2) is 12.2 Å². The van der Waals surface area contributed by atoms with Crippen molar-refractivity contribution in [3.05, 3.63) is 42.0 Å². The van der Waals surface area contributed by atoms with Crippen LogP contribution >= 0.6 is 0 Å². The molecule has 1 heteroatoms. The molecule has 0 N–H and O–H groups in total. The number of rotatable bonds is 1. The predicted molar refractivity (Wildman–Crippen MR) is 56.9 cm³/mol. The van der Waals surface area contributed by atoms with Crippen molar-refractivity contribution in [1.29, 1.82) is 0 Å². The number of allylic oxidation sites excluding steroid dienone is 1. The van der Waals surface area contributed by atoms with Crippen LogP contribution in [0.1, 0.15) is 24.8 Å². The van der Waals surface area contributed by atoms with Gasteiger partial charge in [0, 0.05) is 0 Å². The summed E-state index contributed by atoms with van der Waals surface area (Å²) < 4.78 is 5.66. The molecule has 0 radical (unpaired) electrons. The van der Waals surface area contributed by atoms with Gasteiger partial charge in [-0.2, -0.15) is 0 Å². The van der Waals surface area contributed by atoms with Crippen molar-refractivity contribution in [2.45, 2.75) is 31.5 Å². The third-order valence-electron chi connectivity index (χ3n) is 3.05. The zero-order valence-corrected chi connectivity index (χ0v) is 8.15. The molecule has 1 aliphatic carbocycles. The van der Waals surface area contributed by atoms with Crippen molar-refractivity contribution in [3.63, 3.8) is 0 Å². The van der Waals surface area contributed by atoms with E-state index >= 15 is 0 Å². The second kappa shape index (κ2) is 3.25. The number of fused-ring (bicyclic) bond motifs is 1. The third kappa shape index (κ3) is 1.38. The summed E-state index contributed by atoms with van der Waals surface area (Å²) in [5, 5.41) is 0. The van der Waals surface area contributed by atoms with Gasteiger partial charge in [-0.3, -0.25) is 0 Å². The minimum atomic E-state index is 0.403. The Labute approximate surface area is 84.4 Å². The Balaban J connectivity index is 1.93. The van der Waals surface area contributed by atoms with Gasteiger partial charge in [0.25, 0.3) is 0 Å². The standard InChI is InChI=1S/C13H14O/c1-2-6-10(7-3-1)11-8-4-5-9-12-13(11)14-12/h1-3,6-8,12-13H,4-5,9H2/t12-,13+/m1/s1. The number of hydrogen-bond acceptors (Lipinski definition) is 1. The van der Waals surface area contributed by atoms with E-state index in [1.54, 1.807) is 0 Å². The van der Waals surface area contributed by atoms with E-state index in [9.17, 15) is 0 Å². The molecule has 1 aliphatic heterocycles. The lowest BCUT2D eigenvalue weighted by molar-refractivity contribution is 0.375. The van der Waals surface area contributed by atoms with E-state index in [2.05, 4.69) is 36.4 Å². The smallest absolute Gasteiger partial charge is 0.109 e. The van der Waals surface area contributed by atoms with Gasteiger partial charge in [-0.05, 0) is 30.4 Å². The van der Waals surface area contributed by atoms with E-state index in [0.29, 0.717) is 12.2 Å². The zero-order valence-electron chi connectivity index (χ0n) is 8.15. The summed E-state index contributed by atoms with van der Waals surface area (Å²) in [6.45, 7) is 0. The van der Waals surface area contributed by atoms with Crippen LogP contribution in [0, 0.1) is 0 Å². The van der Waals surface area contributed by atoms with Gasteiger partial charge >= 0.3 is 0 Å². The van der Waals surface area contributed by atoms with Crippen molar-refractivity contribution >= 4 is 5.57 Å². The van der Waals surface area contributed by atoms with Crippen molar-refractivity contribution < 1.29 is 4.74 Å². The maximum absolute atomic E-state index is 5.66. The maximum atomic E-state index is 5.66. The number of epoxide rings is 1. The quantitative estimate of drug-likeness (QED) is 0.614. The van der Waals surface area contributed by atoms with Gasteiger partial charge in [0.15, 0.2) is 0 Å². The largest absolute Gasteiger partial charge is 0.364 e. The molecular weight excluding hydrogens is 172 g/mol. The van der Waals surface area contributed by atoms with Crippen molar-refractivity contribution in [1.82, 2.24) is 0 Å². The molecule has 0 bridgehead atoms. The Morgan fingerprint density at radius 3 is 2.86 bits per heavy atom. The average molecular weight is 186 g/mol. The summed E-state index contributed by atoms with van der Waals surface area (Å²) in [4.78, 5) is 0. The second-order valence-corrected chi connectivity index (χ2v) is 4.05. The second-order valence-electron chi connectivity index (χ2n) is 4.05. The normalized spacial score (nSPS) is 30.1.